The Labute approximate surface area is 98.6 Å². The Balaban J connectivity index is 1.70. The maximum atomic E-state index is 9.35. The van der Waals surface area contributed by atoms with Gasteiger partial charge in [0.2, 0.25) is 0 Å². The first-order valence-corrected chi connectivity index (χ1v) is 6.82. The highest BCUT2D eigenvalue weighted by molar-refractivity contribution is 4.79. The van der Waals surface area contributed by atoms with Crippen LogP contribution in [0.4, 0.5) is 0 Å². The van der Waals surface area contributed by atoms with E-state index in [4.69, 9.17) is 4.74 Å². The van der Waals surface area contributed by atoms with Crippen LogP contribution in [0, 0.1) is 11.8 Å². The largest absolute Gasteiger partial charge is 0.396 e. The van der Waals surface area contributed by atoms with Gasteiger partial charge in [0.1, 0.15) is 0 Å². The van der Waals surface area contributed by atoms with Gasteiger partial charge in [-0.2, -0.15) is 0 Å². The number of hydrogen-bond donors (Lipinski definition) is 2. The molecule has 3 heteroatoms. The fraction of sp³-hybridized carbons (Fsp3) is 1.00. The molecule has 2 rings (SSSR count). The summed E-state index contributed by atoms with van der Waals surface area (Å²) >= 11 is 0. The lowest BCUT2D eigenvalue weighted by Crippen LogP contribution is -2.40. The molecule has 0 bridgehead atoms. The number of nitrogens with one attached hydrogen (secondary N) is 1. The summed E-state index contributed by atoms with van der Waals surface area (Å²) in [5.74, 6) is 1.24. The molecule has 2 fully saturated rings. The Bertz CT molecular complexity index is 192. The van der Waals surface area contributed by atoms with Crippen molar-refractivity contribution < 1.29 is 9.84 Å². The first kappa shape index (κ1) is 12.3. The third-order valence-electron chi connectivity index (χ3n) is 4.19. The minimum atomic E-state index is 0.375. The summed E-state index contributed by atoms with van der Waals surface area (Å²) < 4.78 is 5.35. The molecule has 0 aromatic carbocycles. The second-order valence-corrected chi connectivity index (χ2v) is 5.28. The minimum Gasteiger partial charge on any atom is -0.396 e. The molecule has 2 atom stereocenters. The number of aliphatic hydroxyl groups is 1. The highest BCUT2D eigenvalue weighted by Gasteiger charge is 2.25. The molecule has 0 aromatic heterocycles. The molecule has 1 saturated carbocycles. The summed E-state index contributed by atoms with van der Waals surface area (Å²) in [6, 6.07) is 0.648. The van der Waals surface area contributed by atoms with Gasteiger partial charge in [0.15, 0.2) is 0 Å². The first-order valence-electron chi connectivity index (χ1n) is 6.82. The van der Waals surface area contributed by atoms with Gasteiger partial charge in [0.05, 0.1) is 0 Å². The van der Waals surface area contributed by atoms with E-state index in [9.17, 15) is 5.11 Å². The van der Waals surface area contributed by atoms with Gasteiger partial charge in [-0.1, -0.05) is 12.8 Å². The van der Waals surface area contributed by atoms with E-state index in [1.165, 1.54) is 25.7 Å². The Hall–Kier alpha value is -0.120. The normalized spacial score (nSPS) is 32.8. The van der Waals surface area contributed by atoms with Crippen molar-refractivity contribution in [1.82, 2.24) is 5.32 Å². The van der Waals surface area contributed by atoms with Crippen LogP contribution in [0.15, 0.2) is 0 Å². The molecule has 16 heavy (non-hydrogen) atoms. The van der Waals surface area contributed by atoms with E-state index in [0.29, 0.717) is 24.5 Å². The zero-order valence-corrected chi connectivity index (χ0v) is 10.2. The molecule has 3 nitrogen and oxygen atoms in total. The van der Waals surface area contributed by atoms with Crippen molar-refractivity contribution in [1.29, 1.82) is 0 Å². The van der Waals surface area contributed by atoms with Crippen LogP contribution in [-0.4, -0.2) is 37.5 Å². The van der Waals surface area contributed by atoms with Crippen molar-refractivity contribution in [3.8, 4) is 0 Å². The zero-order chi connectivity index (χ0) is 11.2. The number of aliphatic hydroxyl groups excluding tert-OH is 1. The molecule has 1 aliphatic heterocycles. The lowest BCUT2D eigenvalue weighted by atomic mass is 9.79. The Morgan fingerprint density at radius 1 is 1.00 bits per heavy atom. The number of hydrogen-bond acceptors (Lipinski definition) is 3. The van der Waals surface area contributed by atoms with Crippen molar-refractivity contribution >= 4 is 0 Å². The molecule has 0 aromatic rings. The third-order valence-corrected chi connectivity index (χ3v) is 4.19. The number of ether oxygens (including phenoxy) is 1. The topological polar surface area (TPSA) is 41.5 Å². The van der Waals surface area contributed by atoms with Crippen molar-refractivity contribution in [2.75, 3.05) is 26.4 Å². The smallest absolute Gasteiger partial charge is 0.0480 e. The van der Waals surface area contributed by atoms with E-state index < -0.39 is 0 Å². The van der Waals surface area contributed by atoms with Crippen LogP contribution < -0.4 is 5.32 Å². The molecule has 0 amide bonds. The molecule has 94 valence electrons. The van der Waals surface area contributed by atoms with Gasteiger partial charge in [-0.25, -0.2) is 0 Å². The van der Waals surface area contributed by atoms with Crippen LogP contribution in [0.1, 0.15) is 38.5 Å². The Morgan fingerprint density at radius 3 is 2.38 bits per heavy atom. The third kappa shape index (κ3) is 3.44. The molecule has 1 aliphatic carbocycles. The molecule has 0 spiro atoms. The lowest BCUT2D eigenvalue weighted by molar-refractivity contribution is 0.0721. The maximum Gasteiger partial charge on any atom is 0.0480 e. The zero-order valence-electron chi connectivity index (χ0n) is 10.2. The maximum absolute atomic E-state index is 9.35. The average molecular weight is 227 g/mol. The van der Waals surface area contributed by atoms with Gasteiger partial charge < -0.3 is 15.2 Å². The highest BCUT2D eigenvalue weighted by atomic mass is 16.5. The van der Waals surface area contributed by atoms with Gasteiger partial charge in [-0.15, -0.1) is 0 Å². The van der Waals surface area contributed by atoms with E-state index in [0.717, 1.165) is 32.6 Å². The summed E-state index contributed by atoms with van der Waals surface area (Å²) in [6.07, 6.45) is 7.46. The van der Waals surface area contributed by atoms with Crippen LogP contribution in [0.2, 0.25) is 0 Å². The first-order chi connectivity index (χ1) is 7.90. The Morgan fingerprint density at radius 2 is 1.69 bits per heavy atom. The molecular formula is C13H25NO2. The van der Waals surface area contributed by atoms with Crippen molar-refractivity contribution in [3.63, 3.8) is 0 Å². The molecule has 1 saturated heterocycles. The standard InChI is InChI=1S/C13H25NO2/c15-10-12-4-2-1-3-11(12)9-14-13-5-7-16-8-6-13/h11-15H,1-10H2. The molecule has 2 N–H and O–H groups in total. The highest BCUT2D eigenvalue weighted by Crippen LogP contribution is 2.29. The van der Waals surface area contributed by atoms with Crippen LogP contribution in [-0.2, 0) is 4.74 Å². The minimum absolute atomic E-state index is 0.375. The van der Waals surface area contributed by atoms with E-state index in [1.54, 1.807) is 0 Å². The second-order valence-electron chi connectivity index (χ2n) is 5.28. The van der Waals surface area contributed by atoms with Crippen LogP contribution in [0.3, 0.4) is 0 Å². The fourth-order valence-corrected chi connectivity index (χ4v) is 3.01. The second kappa shape index (κ2) is 6.58. The van der Waals surface area contributed by atoms with Gasteiger partial charge >= 0.3 is 0 Å². The summed E-state index contributed by atoms with van der Waals surface area (Å²) in [7, 11) is 0. The average Bonchev–Trinajstić information content (AvgIpc) is 2.38. The predicted molar refractivity (Wildman–Crippen MR) is 64.4 cm³/mol. The molecule has 2 unspecified atom stereocenters. The summed E-state index contributed by atoms with van der Waals surface area (Å²) in [5.41, 5.74) is 0. The molecule has 1 heterocycles. The summed E-state index contributed by atoms with van der Waals surface area (Å²) in [6.45, 7) is 3.29. The SMILES string of the molecule is OCC1CCCCC1CNC1CCOCC1. The predicted octanol–water partition coefficient (Wildman–Crippen LogP) is 1.55. The van der Waals surface area contributed by atoms with Crippen LogP contribution in [0.5, 0.6) is 0 Å². The van der Waals surface area contributed by atoms with Gasteiger partial charge in [0.25, 0.3) is 0 Å². The molecule has 2 aliphatic rings. The van der Waals surface area contributed by atoms with Crippen LogP contribution >= 0.6 is 0 Å². The lowest BCUT2D eigenvalue weighted by Gasteiger charge is -2.32. The fourth-order valence-electron chi connectivity index (χ4n) is 3.01. The van der Waals surface area contributed by atoms with Gasteiger partial charge in [-0.3, -0.25) is 0 Å². The number of rotatable bonds is 4. The molecular weight excluding hydrogens is 202 g/mol. The van der Waals surface area contributed by atoms with Crippen molar-refractivity contribution in [2.24, 2.45) is 11.8 Å². The summed E-state index contributed by atoms with van der Waals surface area (Å²) in [4.78, 5) is 0. The monoisotopic (exact) mass is 227 g/mol. The van der Waals surface area contributed by atoms with E-state index in [2.05, 4.69) is 5.32 Å². The van der Waals surface area contributed by atoms with E-state index in [1.807, 2.05) is 0 Å². The molecule has 0 radical (unpaired) electrons. The quantitative estimate of drug-likeness (QED) is 0.766. The van der Waals surface area contributed by atoms with Crippen molar-refractivity contribution in [3.05, 3.63) is 0 Å². The Kier molecular flexibility index (Phi) is 5.07. The van der Waals surface area contributed by atoms with Crippen LogP contribution in [0.25, 0.3) is 0 Å². The van der Waals surface area contributed by atoms with Crippen molar-refractivity contribution in [2.45, 2.75) is 44.6 Å². The van der Waals surface area contributed by atoms with E-state index in [-0.39, 0.29) is 0 Å². The van der Waals surface area contributed by atoms with Gasteiger partial charge in [0, 0.05) is 25.9 Å². The summed E-state index contributed by atoms with van der Waals surface area (Å²) in [5, 5.41) is 13.0. The van der Waals surface area contributed by atoms with Gasteiger partial charge in [-0.05, 0) is 44.1 Å². The van der Waals surface area contributed by atoms with E-state index >= 15 is 0 Å².